The fraction of sp³-hybridized carbons (Fsp3) is 0.174. The highest BCUT2D eigenvalue weighted by molar-refractivity contribution is 5.94. The molecule has 4 aromatic rings. The molecule has 0 bridgehead atoms. The Kier molecular flexibility index (Phi) is 5.64. The third-order valence-electron chi connectivity index (χ3n) is 5.41. The van der Waals surface area contributed by atoms with Gasteiger partial charge in [0.25, 0.3) is 0 Å². The minimum absolute atomic E-state index is 0.0297. The third kappa shape index (κ3) is 4.51. The Labute approximate surface area is 189 Å². The molecular formula is C23H22N8O2. The van der Waals surface area contributed by atoms with E-state index in [0.29, 0.717) is 36.0 Å². The molecule has 0 radical (unpaired) electrons. The summed E-state index contributed by atoms with van der Waals surface area (Å²) in [6, 6.07) is 15.0. The van der Waals surface area contributed by atoms with Gasteiger partial charge in [-0.05, 0) is 35.7 Å². The van der Waals surface area contributed by atoms with Crippen LogP contribution in [0.2, 0.25) is 0 Å². The summed E-state index contributed by atoms with van der Waals surface area (Å²) in [6.07, 6.45) is 4.22. The van der Waals surface area contributed by atoms with Gasteiger partial charge in [0.05, 0.1) is 18.2 Å². The van der Waals surface area contributed by atoms with Crippen molar-refractivity contribution in [1.29, 1.82) is 0 Å². The molecular weight excluding hydrogens is 420 g/mol. The van der Waals surface area contributed by atoms with E-state index in [0.717, 1.165) is 22.5 Å². The topological polar surface area (TPSA) is 141 Å². The summed E-state index contributed by atoms with van der Waals surface area (Å²) in [4.78, 5) is 24.9. The van der Waals surface area contributed by atoms with Crippen molar-refractivity contribution in [2.45, 2.75) is 18.9 Å². The maximum absolute atomic E-state index is 11.6. The van der Waals surface area contributed by atoms with Gasteiger partial charge in [-0.1, -0.05) is 30.3 Å². The van der Waals surface area contributed by atoms with Crippen LogP contribution in [0.4, 0.5) is 23.1 Å². The van der Waals surface area contributed by atoms with Crippen LogP contribution < -0.4 is 16.0 Å². The first-order valence-corrected chi connectivity index (χ1v) is 10.5. The summed E-state index contributed by atoms with van der Waals surface area (Å²) < 4.78 is 0. The fourth-order valence-corrected chi connectivity index (χ4v) is 3.74. The molecule has 3 heterocycles. The Balaban J connectivity index is 1.45. The predicted molar refractivity (Wildman–Crippen MR) is 124 cm³/mol. The molecule has 1 aliphatic heterocycles. The Morgan fingerprint density at radius 1 is 1.09 bits per heavy atom. The second kappa shape index (κ2) is 9.05. The zero-order valence-electron chi connectivity index (χ0n) is 17.6. The number of fused-ring (bicyclic) bond motifs is 1. The smallest absolute Gasteiger partial charge is 0.229 e. The largest absolute Gasteiger partial charge is 0.394 e. The van der Waals surface area contributed by atoms with Crippen molar-refractivity contribution in [2.75, 3.05) is 22.6 Å². The lowest BCUT2D eigenvalue weighted by atomic mass is 10.0. The summed E-state index contributed by atoms with van der Waals surface area (Å²) >= 11 is 0. The van der Waals surface area contributed by atoms with Crippen molar-refractivity contribution in [3.63, 3.8) is 0 Å². The van der Waals surface area contributed by atoms with Gasteiger partial charge < -0.3 is 21.1 Å². The number of carbonyl (C=O) groups excluding carboxylic acids is 1. The molecule has 0 saturated carbocycles. The van der Waals surface area contributed by atoms with Crippen LogP contribution in [-0.2, 0) is 11.2 Å². The SMILES string of the molecule is O=C1CCc2cc(Nc3ncc(-c4ncn[nH]4)c(N[C@H](CO)c4ccccc4)n3)ccc2N1. The molecule has 166 valence electrons. The molecule has 5 N–H and O–H groups in total. The van der Waals surface area contributed by atoms with Gasteiger partial charge >= 0.3 is 0 Å². The second-order valence-electron chi connectivity index (χ2n) is 7.63. The average molecular weight is 442 g/mol. The number of nitrogens with one attached hydrogen (secondary N) is 4. The number of hydrogen-bond acceptors (Lipinski definition) is 8. The van der Waals surface area contributed by atoms with Crippen molar-refractivity contribution < 1.29 is 9.90 Å². The van der Waals surface area contributed by atoms with E-state index in [4.69, 9.17) is 0 Å². The summed E-state index contributed by atoms with van der Waals surface area (Å²) in [6.45, 7) is -0.122. The van der Waals surface area contributed by atoms with Crippen molar-refractivity contribution in [3.8, 4) is 11.4 Å². The van der Waals surface area contributed by atoms with Gasteiger partial charge in [-0.15, -0.1) is 0 Å². The van der Waals surface area contributed by atoms with Crippen LogP contribution in [0.25, 0.3) is 11.4 Å². The number of hydrogen-bond donors (Lipinski definition) is 5. The van der Waals surface area contributed by atoms with E-state index < -0.39 is 0 Å². The van der Waals surface area contributed by atoms with Crippen molar-refractivity contribution in [1.82, 2.24) is 25.1 Å². The summed E-state index contributed by atoms with van der Waals surface area (Å²) in [5.74, 6) is 1.42. The van der Waals surface area contributed by atoms with Gasteiger partial charge in [0.2, 0.25) is 11.9 Å². The van der Waals surface area contributed by atoms with Crippen LogP contribution in [-0.4, -0.2) is 42.8 Å². The number of aliphatic hydroxyl groups excluding tert-OH is 1. The first-order valence-electron chi connectivity index (χ1n) is 10.5. The van der Waals surface area contributed by atoms with Gasteiger partial charge in [0.1, 0.15) is 12.1 Å². The molecule has 10 heteroatoms. The number of rotatable bonds is 7. The number of aromatic amines is 1. The number of aromatic nitrogens is 5. The maximum atomic E-state index is 11.6. The lowest BCUT2D eigenvalue weighted by Crippen LogP contribution is -2.19. The van der Waals surface area contributed by atoms with Crippen LogP contribution >= 0.6 is 0 Å². The molecule has 2 aromatic carbocycles. The van der Waals surface area contributed by atoms with Crippen molar-refractivity contribution in [3.05, 3.63) is 72.2 Å². The molecule has 1 atom stereocenters. The van der Waals surface area contributed by atoms with Gasteiger partial charge in [-0.2, -0.15) is 10.1 Å². The minimum Gasteiger partial charge on any atom is -0.394 e. The van der Waals surface area contributed by atoms with Crippen LogP contribution in [0.1, 0.15) is 23.6 Å². The zero-order valence-corrected chi connectivity index (χ0v) is 17.6. The summed E-state index contributed by atoms with van der Waals surface area (Å²) in [5.41, 5.74) is 4.24. The van der Waals surface area contributed by atoms with E-state index in [1.165, 1.54) is 6.33 Å². The molecule has 5 rings (SSSR count). The summed E-state index contributed by atoms with van der Waals surface area (Å²) in [7, 11) is 0. The number of aryl methyl sites for hydroxylation is 1. The maximum Gasteiger partial charge on any atom is 0.229 e. The Morgan fingerprint density at radius 3 is 2.76 bits per heavy atom. The van der Waals surface area contributed by atoms with Crippen LogP contribution in [0.5, 0.6) is 0 Å². The molecule has 2 aromatic heterocycles. The Bertz CT molecular complexity index is 1260. The van der Waals surface area contributed by atoms with Crippen LogP contribution in [0, 0.1) is 0 Å². The van der Waals surface area contributed by atoms with Crippen LogP contribution in [0.3, 0.4) is 0 Å². The van der Waals surface area contributed by atoms with Crippen molar-refractivity contribution >= 4 is 29.0 Å². The number of amides is 1. The van der Waals surface area contributed by atoms with Crippen LogP contribution in [0.15, 0.2) is 61.1 Å². The first-order chi connectivity index (χ1) is 16.2. The highest BCUT2D eigenvalue weighted by Crippen LogP contribution is 2.30. The van der Waals surface area contributed by atoms with E-state index >= 15 is 0 Å². The number of nitrogens with zero attached hydrogens (tertiary/aromatic N) is 4. The fourth-order valence-electron chi connectivity index (χ4n) is 3.74. The normalized spacial score (nSPS) is 13.7. The number of H-pyrrole nitrogens is 1. The zero-order chi connectivity index (χ0) is 22.6. The average Bonchev–Trinajstić information content (AvgIpc) is 3.38. The first kappa shape index (κ1) is 20.6. The number of benzene rings is 2. The van der Waals surface area contributed by atoms with Gasteiger partial charge in [0.15, 0.2) is 5.82 Å². The van der Waals surface area contributed by atoms with E-state index in [9.17, 15) is 9.90 Å². The number of carbonyl (C=O) groups is 1. The van der Waals surface area contributed by atoms with E-state index in [-0.39, 0.29) is 18.6 Å². The molecule has 1 amide bonds. The molecule has 0 aliphatic carbocycles. The Morgan fingerprint density at radius 2 is 1.97 bits per heavy atom. The standard InChI is InChI=1S/C23H22N8O2/c32-12-19(14-4-2-1-3-5-14)29-22-17(21-25-13-26-31-21)11-24-23(30-22)27-16-7-8-18-15(10-16)6-9-20(33)28-18/h1-5,7-8,10-11,13,19,32H,6,9,12H2,(H,28,33)(H,25,26,31)(H2,24,27,29,30)/t19-/m1/s1. The Hall–Kier alpha value is -4.31. The number of aliphatic hydroxyl groups is 1. The molecule has 0 unspecified atom stereocenters. The highest BCUT2D eigenvalue weighted by atomic mass is 16.3. The second-order valence-corrected chi connectivity index (χ2v) is 7.63. The highest BCUT2D eigenvalue weighted by Gasteiger charge is 2.18. The summed E-state index contributed by atoms with van der Waals surface area (Å²) in [5, 5.41) is 26.2. The van der Waals surface area contributed by atoms with Crippen molar-refractivity contribution in [2.24, 2.45) is 0 Å². The van der Waals surface area contributed by atoms with E-state index in [1.54, 1.807) is 6.20 Å². The number of anilines is 4. The van der Waals surface area contributed by atoms with Gasteiger partial charge in [-0.25, -0.2) is 9.97 Å². The third-order valence-corrected chi connectivity index (χ3v) is 5.41. The van der Waals surface area contributed by atoms with E-state index in [2.05, 4.69) is 41.1 Å². The van der Waals surface area contributed by atoms with Gasteiger partial charge in [-0.3, -0.25) is 9.89 Å². The molecule has 33 heavy (non-hydrogen) atoms. The quantitative estimate of drug-likeness (QED) is 0.294. The molecule has 0 fully saturated rings. The molecule has 10 nitrogen and oxygen atoms in total. The minimum atomic E-state index is -0.372. The molecule has 1 aliphatic rings. The lowest BCUT2D eigenvalue weighted by molar-refractivity contribution is -0.116. The molecule has 0 spiro atoms. The molecule has 0 saturated heterocycles. The lowest BCUT2D eigenvalue weighted by Gasteiger charge is -2.20. The van der Waals surface area contributed by atoms with Gasteiger partial charge in [0, 0.05) is 24.0 Å². The predicted octanol–water partition coefficient (Wildman–Crippen LogP) is 3.04. The monoisotopic (exact) mass is 442 g/mol. The van der Waals surface area contributed by atoms with E-state index in [1.807, 2.05) is 48.5 Å².